The van der Waals surface area contributed by atoms with Crippen LogP contribution in [0.1, 0.15) is 19.4 Å². The van der Waals surface area contributed by atoms with Crippen LogP contribution in [0.3, 0.4) is 0 Å². The van der Waals surface area contributed by atoms with Gasteiger partial charge in [0.1, 0.15) is 5.82 Å². The highest BCUT2D eigenvalue weighted by atomic mass is 79.9. The fourth-order valence-corrected chi connectivity index (χ4v) is 1.78. The van der Waals surface area contributed by atoms with Crippen molar-refractivity contribution in [2.24, 2.45) is 5.73 Å². The lowest BCUT2D eigenvalue weighted by Crippen LogP contribution is -2.39. The van der Waals surface area contributed by atoms with Crippen LogP contribution in [-0.2, 0) is 5.41 Å². The van der Waals surface area contributed by atoms with Crippen molar-refractivity contribution >= 4 is 22.0 Å². The molecule has 0 aliphatic carbocycles. The minimum absolute atomic E-state index is 0.287. The molecular formula is C11H14BrFN2O. The van der Waals surface area contributed by atoms with E-state index in [4.69, 9.17) is 5.73 Å². The number of benzene rings is 1. The molecule has 0 aliphatic heterocycles. The largest absolute Gasteiger partial charge is 0.352 e. The number of nitrogens with one attached hydrogen (secondary N) is 1. The summed E-state index contributed by atoms with van der Waals surface area (Å²) in [6.07, 6.45) is 0. The van der Waals surface area contributed by atoms with Gasteiger partial charge in [-0.1, -0.05) is 29.8 Å². The predicted molar refractivity (Wildman–Crippen MR) is 64.7 cm³/mol. The Hall–Kier alpha value is -1.10. The van der Waals surface area contributed by atoms with Crippen LogP contribution >= 0.6 is 15.9 Å². The minimum Gasteiger partial charge on any atom is -0.352 e. The monoisotopic (exact) mass is 288 g/mol. The summed E-state index contributed by atoms with van der Waals surface area (Å²) in [6, 6.07) is 4.13. The van der Waals surface area contributed by atoms with Crippen LogP contribution in [0.15, 0.2) is 22.7 Å². The van der Waals surface area contributed by atoms with Crippen molar-refractivity contribution in [3.8, 4) is 0 Å². The van der Waals surface area contributed by atoms with Gasteiger partial charge in [-0.3, -0.25) is 0 Å². The molecule has 88 valence electrons. The SMILES string of the molecule is CC(C)(CNC(N)=O)c1cc(Br)ccc1F. The highest BCUT2D eigenvalue weighted by Gasteiger charge is 2.24. The molecule has 1 aromatic carbocycles. The topological polar surface area (TPSA) is 55.1 Å². The average Bonchev–Trinajstić information content (AvgIpc) is 2.19. The summed E-state index contributed by atoms with van der Waals surface area (Å²) in [5, 5.41) is 2.49. The van der Waals surface area contributed by atoms with Gasteiger partial charge in [-0.15, -0.1) is 0 Å². The number of rotatable bonds is 3. The van der Waals surface area contributed by atoms with Crippen molar-refractivity contribution in [1.82, 2.24) is 5.32 Å². The lowest BCUT2D eigenvalue weighted by molar-refractivity contribution is 0.246. The van der Waals surface area contributed by atoms with Gasteiger partial charge in [-0.2, -0.15) is 0 Å². The summed E-state index contributed by atoms with van der Waals surface area (Å²) in [5.74, 6) is -0.292. The molecule has 0 saturated heterocycles. The number of amides is 2. The summed E-state index contributed by atoms with van der Waals surface area (Å²) in [5.41, 5.74) is 5.02. The van der Waals surface area contributed by atoms with Crippen molar-refractivity contribution in [3.63, 3.8) is 0 Å². The summed E-state index contributed by atoms with van der Waals surface area (Å²) in [7, 11) is 0. The molecule has 1 rings (SSSR count). The zero-order valence-electron chi connectivity index (χ0n) is 9.18. The number of hydrogen-bond acceptors (Lipinski definition) is 1. The first-order valence-corrected chi connectivity index (χ1v) is 5.61. The van der Waals surface area contributed by atoms with E-state index in [9.17, 15) is 9.18 Å². The standard InChI is InChI=1S/C11H14BrFN2O/c1-11(2,6-15-10(14)16)8-5-7(12)3-4-9(8)13/h3-5H,6H2,1-2H3,(H3,14,15,16). The quantitative estimate of drug-likeness (QED) is 0.882. The predicted octanol–water partition coefficient (Wildman–Crippen LogP) is 2.53. The Labute approximate surface area is 102 Å². The van der Waals surface area contributed by atoms with Gasteiger partial charge in [0, 0.05) is 16.4 Å². The van der Waals surface area contributed by atoms with Crippen molar-refractivity contribution in [2.45, 2.75) is 19.3 Å². The first-order valence-electron chi connectivity index (χ1n) is 4.82. The number of halogens is 2. The number of carbonyl (C=O) groups excluding carboxylic acids is 1. The molecule has 3 nitrogen and oxygen atoms in total. The fraction of sp³-hybridized carbons (Fsp3) is 0.364. The fourth-order valence-electron chi connectivity index (χ4n) is 1.42. The van der Waals surface area contributed by atoms with E-state index < -0.39 is 11.4 Å². The maximum absolute atomic E-state index is 13.6. The van der Waals surface area contributed by atoms with E-state index in [0.29, 0.717) is 5.56 Å². The molecule has 0 heterocycles. The maximum atomic E-state index is 13.6. The van der Waals surface area contributed by atoms with Crippen LogP contribution in [-0.4, -0.2) is 12.6 Å². The molecule has 0 aromatic heterocycles. The highest BCUT2D eigenvalue weighted by molar-refractivity contribution is 9.10. The Kier molecular flexibility index (Phi) is 3.91. The van der Waals surface area contributed by atoms with Crippen LogP contribution in [0.5, 0.6) is 0 Å². The number of hydrogen-bond donors (Lipinski definition) is 2. The zero-order chi connectivity index (χ0) is 12.3. The van der Waals surface area contributed by atoms with Crippen molar-refractivity contribution in [3.05, 3.63) is 34.1 Å². The summed E-state index contributed by atoms with van der Waals surface area (Å²) in [6.45, 7) is 3.97. The van der Waals surface area contributed by atoms with Gasteiger partial charge in [0.2, 0.25) is 0 Å². The zero-order valence-corrected chi connectivity index (χ0v) is 10.8. The first kappa shape index (κ1) is 13.0. The molecule has 0 atom stereocenters. The summed E-state index contributed by atoms with van der Waals surface area (Å²) >= 11 is 3.29. The second-order valence-electron chi connectivity index (χ2n) is 4.23. The van der Waals surface area contributed by atoms with E-state index in [-0.39, 0.29) is 12.4 Å². The normalized spacial score (nSPS) is 11.2. The molecule has 2 amide bonds. The molecule has 0 saturated carbocycles. The van der Waals surface area contributed by atoms with Crippen molar-refractivity contribution in [1.29, 1.82) is 0 Å². The molecular weight excluding hydrogens is 275 g/mol. The molecule has 0 radical (unpaired) electrons. The summed E-state index contributed by atoms with van der Waals surface area (Å²) in [4.78, 5) is 10.6. The Balaban J connectivity index is 2.96. The van der Waals surface area contributed by atoms with E-state index >= 15 is 0 Å². The number of nitrogens with two attached hydrogens (primary N) is 1. The van der Waals surface area contributed by atoms with E-state index in [0.717, 1.165) is 4.47 Å². The average molecular weight is 289 g/mol. The third-order valence-electron chi connectivity index (χ3n) is 2.36. The molecule has 1 aromatic rings. The number of primary amides is 1. The lowest BCUT2D eigenvalue weighted by atomic mass is 9.84. The molecule has 3 N–H and O–H groups in total. The second-order valence-corrected chi connectivity index (χ2v) is 5.14. The third-order valence-corrected chi connectivity index (χ3v) is 2.86. The van der Waals surface area contributed by atoms with Gasteiger partial charge in [0.25, 0.3) is 0 Å². The molecule has 0 unspecified atom stereocenters. The molecule has 0 spiro atoms. The molecule has 0 fully saturated rings. The smallest absolute Gasteiger partial charge is 0.312 e. The van der Waals surface area contributed by atoms with Gasteiger partial charge in [-0.25, -0.2) is 9.18 Å². The van der Waals surface area contributed by atoms with Crippen LogP contribution in [0.2, 0.25) is 0 Å². The van der Waals surface area contributed by atoms with Crippen molar-refractivity contribution in [2.75, 3.05) is 6.54 Å². The van der Waals surface area contributed by atoms with Crippen LogP contribution in [0.25, 0.3) is 0 Å². The van der Waals surface area contributed by atoms with Gasteiger partial charge < -0.3 is 11.1 Å². The van der Waals surface area contributed by atoms with E-state index in [1.54, 1.807) is 12.1 Å². The maximum Gasteiger partial charge on any atom is 0.312 e. The van der Waals surface area contributed by atoms with Crippen molar-refractivity contribution < 1.29 is 9.18 Å². The Morgan fingerprint density at radius 2 is 2.19 bits per heavy atom. The second kappa shape index (κ2) is 4.82. The number of carbonyl (C=O) groups is 1. The van der Waals surface area contributed by atoms with Crippen LogP contribution < -0.4 is 11.1 Å². The molecule has 0 bridgehead atoms. The van der Waals surface area contributed by atoms with E-state index in [2.05, 4.69) is 21.2 Å². The lowest BCUT2D eigenvalue weighted by Gasteiger charge is -2.25. The Bertz CT molecular complexity index is 407. The third kappa shape index (κ3) is 3.20. The van der Waals surface area contributed by atoms with Gasteiger partial charge >= 0.3 is 6.03 Å². The van der Waals surface area contributed by atoms with Crippen LogP contribution in [0.4, 0.5) is 9.18 Å². The Morgan fingerprint density at radius 3 is 2.75 bits per heavy atom. The highest BCUT2D eigenvalue weighted by Crippen LogP contribution is 2.27. The first-order chi connectivity index (χ1) is 7.33. The van der Waals surface area contributed by atoms with E-state index in [1.165, 1.54) is 6.07 Å². The molecule has 5 heteroatoms. The van der Waals surface area contributed by atoms with Gasteiger partial charge in [-0.05, 0) is 23.8 Å². The molecule has 16 heavy (non-hydrogen) atoms. The summed E-state index contributed by atoms with van der Waals surface area (Å²) < 4.78 is 14.4. The van der Waals surface area contributed by atoms with Crippen LogP contribution in [0, 0.1) is 5.82 Å². The Morgan fingerprint density at radius 1 is 1.56 bits per heavy atom. The van der Waals surface area contributed by atoms with Gasteiger partial charge in [0.15, 0.2) is 0 Å². The number of urea groups is 1. The molecule has 0 aliphatic rings. The van der Waals surface area contributed by atoms with Gasteiger partial charge in [0.05, 0.1) is 0 Å². The van der Waals surface area contributed by atoms with E-state index in [1.807, 2.05) is 13.8 Å². The minimum atomic E-state index is -0.608.